The zero-order valence-corrected chi connectivity index (χ0v) is 15.1. The molecule has 0 bridgehead atoms. The number of benzene rings is 1. The van der Waals surface area contributed by atoms with Crippen molar-refractivity contribution in [3.63, 3.8) is 0 Å². The lowest BCUT2D eigenvalue weighted by atomic mass is 9.81. The molecule has 3 N–H and O–H groups in total. The van der Waals surface area contributed by atoms with Crippen molar-refractivity contribution in [3.8, 4) is 0 Å². The predicted molar refractivity (Wildman–Crippen MR) is 97.9 cm³/mol. The largest absolute Gasteiger partial charge is 0.481 e. The van der Waals surface area contributed by atoms with Crippen molar-refractivity contribution in [1.82, 2.24) is 5.32 Å². The lowest BCUT2D eigenvalue weighted by Gasteiger charge is -2.25. The van der Waals surface area contributed by atoms with Gasteiger partial charge in [0.05, 0.1) is 11.8 Å². The van der Waals surface area contributed by atoms with Crippen LogP contribution in [0.15, 0.2) is 18.2 Å². The lowest BCUT2D eigenvalue weighted by Crippen LogP contribution is -2.35. The van der Waals surface area contributed by atoms with Gasteiger partial charge >= 0.3 is 5.97 Å². The fraction of sp³-hybridized carbons (Fsp3) is 0.550. The molecule has 0 aromatic heterocycles. The van der Waals surface area contributed by atoms with Gasteiger partial charge < -0.3 is 15.7 Å². The van der Waals surface area contributed by atoms with Crippen LogP contribution in [0.5, 0.6) is 0 Å². The van der Waals surface area contributed by atoms with E-state index in [1.807, 2.05) is 12.1 Å². The van der Waals surface area contributed by atoms with Gasteiger partial charge in [-0.3, -0.25) is 14.4 Å². The maximum atomic E-state index is 12.3. The average Bonchev–Trinajstić information content (AvgIpc) is 2.96. The highest BCUT2D eigenvalue weighted by atomic mass is 16.4. The van der Waals surface area contributed by atoms with Gasteiger partial charge in [-0.1, -0.05) is 19.1 Å². The normalized spacial score (nSPS) is 24.7. The number of aryl methyl sites for hydroxylation is 1. The first kappa shape index (κ1) is 18.4. The Morgan fingerprint density at radius 3 is 2.54 bits per heavy atom. The molecular formula is C20H26N2O4. The van der Waals surface area contributed by atoms with Crippen molar-refractivity contribution in [2.24, 2.45) is 11.8 Å². The van der Waals surface area contributed by atoms with E-state index in [1.54, 1.807) is 0 Å². The van der Waals surface area contributed by atoms with Gasteiger partial charge in [0.1, 0.15) is 0 Å². The summed E-state index contributed by atoms with van der Waals surface area (Å²) in [5, 5.41) is 14.9. The minimum absolute atomic E-state index is 0.00975. The zero-order chi connectivity index (χ0) is 18.7. The molecule has 6 nitrogen and oxygen atoms in total. The van der Waals surface area contributed by atoms with E-state index in [0.29, 0.717) is 38.6 Å². The number of carbonyl (C=O) groups excluding carboxylic acids is 2. The van der Waals surface area contributed by atoms with Crippen LogP contribution in [0.1, 0.15) is 56.1 Å². The molecule has 0 spiro atoms. The van der Waals surface area contributed by atoms with Gasteiger partial charge in [-0.15, -0.1) is 0 Å². The first-order valence-electron chi connectivity index (χ1n) is 9.43. The first-order chi connectivity index (χ1) is 12.5. The third kappa shape index (κ3) is 3.89. The maximum Gasteiger partial charge on any atom is 0.306 e. The number of hydrogen-bond donors (Lipinski definition) is 3. The average molecular weight is 358 g/mol. The highest BCUT2D eigenvalue weighted by Crippen LogP contribution is 2.35. The summed E-state index contributed by atoms with van der Waals surface area (Å²) in [5.74, 6) is -1.44. The molecule has 1 aromatic rings. The Morgan fingerprint density at radius 2 is 1.88 bits per heavy atom. The summed E-state index contributed by atoms with van der Waals surface area (Å²) in [7, 11) is 0. The summed E-state index contributed by atoms with van der Waals surface area (Å²) in [6.45, 7) is 2.53. The number of rotatable bonds is 6. The van der Waals surface area contributed by atoms with Gasteiger partial charge in [-0.25, -0.2) is 0 Å². The Bertz CT molecular complexity index is 708. The van der Waals surface area contributed by atoms with E-state index >= 15 is 0 Å². The molecule has 26 heavy (non-hydrogen) atoms. The number of amides is 2. The number of carboxylic acid groups (broad SMARTS) is 1. The standard InChI is InChI=1S/C20H26N2O4/c1-2-12-3-8-17-16(11-12)15(19(24)22-17)9-10-21-18(23)13-4-6-14(7-5-13)20(25)26/h3,8,11,13-15H,2,4-7,9-10H2,1H3,(H,21,23)(H,22,24)(H,25,26). The van der Waals surface area contributed by atoms with Crippen LogP contribution in [0.3, 0.4) is 0 Å². The van der Waals surface area contributed by atoms with E-state index in [9.17, 15) is 14.4 Å². The van der Waals surface area contributed by atoms with Crippen LogP contribution < -0.4 is 10.6 Å². The SMILES string of the molecule is CCc1ccc2c(c1)C(CCNC(=O)C1CCC(C(=O)O)CC1)C(=O)N2. The van der Waals surface area contributed by atoms with Crippen molar-refractivity contribution in [3.05, 3.63) is 29.3 Å². The van der Waals surface area contributed by atoms with Crippen molar-refractivity contribution < 1.29 is 19.5 Å². The Morgan fingerprint density at radius 1 is 1.19 bits per heavy atom. The molecule has 1 fully saturated rings. The molecule has 2 aliphatic rings. The maximum absolute atomic E-state index is 12.3. The predicted octanol–water partition coefficient (Wildman–Crippen LogP) is 2.68. The molecule has 0 radical (unpaired) electrons. The molecule has 1 heterocycles. The van der Waals surface area contributed by atoms with Crippen LogP contribution in [-0.2, 0) is 20.8 Å². The van der Waals surface area contributed by atoms with Crippen LogP contribution in [0, 0.1) is 11.8 Å². The summed E-state index contributed by atoms with van der Waals surface area (Å²) in [5.41, 5.74) is 3.09. The van der Waals surface area contributed by atoms with Crippen LogP contribution in [0.4, 0.5) is 5.69 Å². The van der Waals surface area contributed by atoms with E-state index in [4.69, 9.17) is 5.11 Å². The monoisotopic (exact) mass is 358 g/mol. The number of carbonyl (C=O) groups is 3. The minimum Gasteiger partial charge on any atom is -0.481 e. The van der Waals surface area contributed by atoms with E-state index in [-0.39, 0.29) is 29.6 Å². The third-order valence-corrected chi connectivity index (χ3v) is 5.65. The molecule has 1 atom stereocenters. The Labute approximate surface area is 153 Å². The molecule has 1 aromatic carbocycles. The molecule has 140 valence electrons. The summed E-state index contributed by atoms with van der Waals surface area (Å²) < 4.78 is 0. The second kappa shape index (κ2) is 7.89. The molecule has 1 saturated carbocycles. The topological polar surface area (TPSA) is 95.5 Å². The Kier molecular flexibility index (Phi) is 5.59. The van der Waals surface area contributed by atoms with E-state index < -0.39 is 5.97 Å². The van der Waals surface area contributed by atoms with Crippen LogP contribution in [0.25, 0.3) is 0 Å². The van der Waals surface area contributed by atoms with E-state index in [1.165, 1.54) is 5.56 Å². The molecular weight excluding hydrogens is 332 g/mol. The molecule has 3 rings (SSSR count). The van der Waals surface area contributed by atoms with E-state index in [0.717, 1.165) is 17.7 Å². The highest BCUT2D eigenvalue weighted by Gasteiger charge is 2.32. The van der Waals surface area contributed by atoms with Crippen molar-refractivity contribution in [2.75, 3.05) is 11.9 Å². The van der Waals surface area contributed by atoms with Gasteiger partial charge in [0, 0.05) is 18.2 Å². The summed E-state index contributed by atoms with van der Waals surface area (Å²) in [4.78, 5) is 35.5. The third-order valence-electron chi connectivity index (χ3n) is 5.65. The van der Waals surface area contributed by atoms with Crippen molar-refractivity contribution in [2.45, 2.75) is 51.4 Å². The molecule has 2 amide bonds. The molecule has 1 unspecified atom stereocenters. The van der Waals surface area contributed by atoms with Gasteiger partial charge in [0.25, 0.3) is 0 Å². The summed E-state index contributed by atoms with van der Waals surface area (Å²) in [6.07, 6.45) is 3.86. The number of carboxylic acids is 1. The molecule has 0 saturated heterocycles. The summed E-state index contributed by atoms with van der Waals surface area (Å²) in [6, 6.07) is 6.05. The number of anilines is 1. The number of fused-ring (bicyclic) bond motifs is 1. The Hall–Kier alpha value is -2.37. The van der Waals surface area contributed by atoms with Gasteiger partial charge in [0.15, 0.2) is 0 Å². The highest BCUT2D eigenvalue weighted by molar-refractivity contribution is 6.03. The zero-order valence-electron chi connectivity index (χ0n) is 15.1. The molecule has 1 aliphatic heterocycles. The minimum atomic E-state index is -0.763. The van der Waals surface area contributed by atoms with Crippen LogP contribution in [0.2, 0.25) is 0 Å². The number of nitrogens with one attached hydrogen (secondary N) is 2. The second-order valence-electron chi connectivity index (χ2n) is 7.28. The lowest BCUT2D eigenvalue weighted by molar-refractivity contribution is -0.144. The van der Waals surface area contributed by atoms with Gasteiger partial charge in [-0.05, 0) is 55.7 Å². The van der Waals surface area contributed by atoms with Gasteiger partial charge in [-0.2, -0.15) is 0 Å². The summed E-state index contributed by atoms with van der Waals surface area (Å²) >= 11 is 0. The number of aliphatic carboxylic acids is 1. The fourth-order valence-corrected chi connectivity index (χ4v) is 3.97. The van der Waals surface area contributed by atoms with Crippen LogP contribution >= 0.6 is 0 Å². The first-order valence-corrected chi connectivity index (χ1v) is 9.43. The quantitative estimate of drug-likeness (QED) is 0.728. The van der Waals surface area contributed by atoms with Crippen molar-refractivity contribution in [1.29, 1.82) is 0 Å². The van der Waals surface area contributed by atoms with Crippen LogP contribution in [-0.4, -0.2) is 29.4 Å². The van der Waals surface area contributed by atoms with E-state index in [2.05, 4.69) is 23.6 Å². The fourth-order valence-electron chi connectivity index (χ4n) is 3.97. The van der Waals surface area contributed by atoms with Crippen molar-refractivity contribution >= 4 is 23.5 Å². The van der Waals surface area contributed by atoms with Gasteiger partial charge in [0.2, 0.25) is 11.8 Å². The smallest absolute Gasteiger partial charge is 0.306 e. The second-order valence-corrected chi connectivity index (χ2v) is 7.28. The molecule has 6 heteroatoms. The molecule has 1 aliphatic carbocycles. The Balaban J connectivity index is 1.50. The number of hydrogen-bond acceptors (Lipinski definition) is 3.